The van der Waals surface area contributed by atoms with E-state index in [1.54, 1.807) is 9.58 Å². The molecule has 4 aromatic rings. The first-order chi connectivity index (χ1) is 14.4. The van der Waals surface area contributed by atoms with Crippen LogP contribution in [0.2, 0.25) is 0 Å². The molecule has 1 amide bonds. The van der Waals surface area contributed by atoms with E-state index in [4.69, 9.17) is 0 Å². The highest BCUT2D eigenvalue weighted by Crippen LogP contribution is 2.31. The van der Waals surface area contributed by atoms with Crippen LogP contribution in [-0.4, -0.2) is 41.7 Å². The molecule has 0 N–H and O–H groups in total. The first-order valence-electron chi connectivity index (χ1n) is 9.80. The number of nitrogens with zero attached hydrogens (tertiary/aromatic N) is 6. The molecule has 152 valence electrons. The Labute approximate surface area is 172 Å². The van der Waals surface area contributed by atoms with Crippen LogP contribution in [0.15, 0.2) is 36.8 Å². The number of fused-ring (bicyclic) bond motifs is 2. The van der Waals surface area contributed by atoms with Crippen LogP contribution in [0.4, 0.5) is 4.39 Å². The molecule has 0 atom stereocenters. The van der Waals surface area contributed by atoms with Gasteiger partial charge in [-0.3, -0.25) is 9.48 Å². The summed E-state index contributed by atoms with van der Waals surface area (Å²) in [6.45, 7) is 2.83. The molecule has 1 aliphatic rings. The Balaban J connectivity index is 1.49. The summed E-state index contributed by atoms with van der Waals surface area (Å²) in [5.41, 5.74) is 5.63. The maximum absolute atomic E-state index is 14.0. The van der Waals surface area contributed by atoms with E-state index < -0.39 is 0 Å². The molecule has 0 fully saturated rings. The number of amides is 1. The van der Waals surface area contributed by atoms with Crippen molar-refractivity contribution < 1.29 is 9.18 Å². The van der Waals surface area contributed by atoms with Crippen molar-refractivity contribution in [2.45, 2.75) is 19.9 Å². The molecule has 30 heavy (non-hydrogen) atoms. The van der Waals surface area contributed by atoms with Crippen LogP contribution in [0, 0.1) is 12.7 Å². The number of aromatic nitrogens is 5. The van der Waals surface area contributed by atoms with Gasteiger partial charge in [-0.05, 0) is 43.2 Å². The molecule has 3 aromatic heterocycles. The molecule has 0 radical (unpaired) electrons. The summed E-state index contributed by atoms with van der Waals surface area (Å²) >= 11 is 0. The lowest BCUT2D eigenvalue weighted by Crippen LogP contribution is -2.36. The molecule has 4 heterocycles. The van der Waals surface area contributed by atoms with E-state index in [1.807, 2.05) is 43.9 Å². The van der Waals surface area contributed by atoms with Crippen LogP contribution in [0.5, 0.6) is 0 Å². The quantitative estimate of drug-likeness (QED) is 0.515. The highest BCUT2D eigenvalue weighted by molar-refractivity contribution is 6.03. The third-order valence-corrected chi connectivity index (χ3v) is 5.67. The van der Waals surface area contributed by atoms with Crippen LogP contribution < -0.4 is 0 Å². The third kappa shape index (κ3) is 2.87. The Morgan fingerprint density at radius 3 is 2.80 bits per heavy atom. The molecule has 0 saturated carbocycles. The monoisotopic (exact) mass is 404 g/mol. The van der Waals surface area contributed by atoms with Gasteiger partial charge in [-0.25, -0.2) is 14.4 Å². The van der Waals surface area contributed by atoms with Gasteiger partial charge in [-0.1, -0.05) is 0 Å². The summed E-state index contributed by atoms with van der Waals surface area (Å²) in [7, 11) is 3.75. The first-order valence-corrected chi connectivity index (χ1v) is 9.80. The Hall–Kier alpha value is -3.55. The molecular weight excluding hydrogens is 383 g/mol. The van der Waals surface area contributed by atoms with E-state index in [2.05, 4.69) is 15.1 Å². The predicted octanol–water partition coefficient (Wildman–Crippen LogP) is 3.01. The van der Waals surface area contributed by atoms with Crippen molar-refractivity contribution in [3.8, 4) is 11.3 Å². The molecule has 7 nitrogen and oxygen atoms in total. The van der Waals surface area contributed by atoms with Crippen LogP contribution in [0.25, 0.3) is 22.3 Å². The summed E-state index contributed by atoms with van der Waals surface area (Å²) in [5, 5.41) is 5.39. The number of hydrogen-bond donors (Lipinski definition) is 0. The fourth-order valence-electron chi connectivity index (χ4n) is 4.33. The van der Waals surface area contributed by atoms with Gasteiger partial charge in [0.2, 0.25) is 0 Å². The normalized spacial score (nSPS) is 13.7. The van der Waals surface area contributed by atoms with Gasteiger partial charge in [0.1, 0.15) is 23.5 Å². The van der Waals surface area contributed by atoms with Crippen LogP contribution in [-0.2, 0) is 27.1 Å². The van der Waals surface area contributed by atoms with E-state index in [0.717, 1.165) is 39.1 Å². The minimum absolute atomic E-state index is 0.131. The standard InChI is InChI=1S/C22H21FN6O/c1-13-8-14(10-15(23)9-13)20-16-5-7-29(11-18(16)26-28(20)3)22(30)19-17-4-6-27(2)21(17)25-12-24-19/h4,6,8-10,12H,5,7,11H2,1-3H3. The lowest BCUT2D eigenvalue weighted by atomic mass is 9.98. The number of rotatable bonds is 2. The largest absolute Gasteiger partial charge is 0.335 e. The molecule has 0 unspecified atom stereocenters. The molecule has 1 aromatic carbocycles. The van der Waals surface area contributed by atoms with Crippen LogP contribution >= 0.6 is 0 Å². The van der Waals surface area contributed by atoms with Crippen molar-refractivity contribution in [2.24, 2.45) is 14.1 Å². The van der Waals surface area contributed by atoms with E-state index in [9.17, 15) is 9.18 Å². The maximum Gasteiger partial charge on any atom is 0.273 e. The lowest BCUT2D eigenvalue weighted by Gasteiger charge is -2.26. The second-order valence-corrected chi connectivity index (χ2v) is 7.78. The highest BCUT2D eigenvalue weighted by Gasteiger charge is 2.29. The summed E-state index contributed by atoms with van der Waals surface area (Å²) in [4.78, 5) is 23.5. The summed E-state index contributed by atoms with van der Waals surface area (Å²) in [5.74, 6) is -0.392. The lowest BCUT2D eigenvalue weighted by molar-refractivity contribution is 0.0728. The van der Waals surface area contributed by atoms with E-state index in [1.165, 1.54) is 18.5 Å². The molecule has 0 saturated heterocycles. The third-order valence-electron chi connectivity index (χ3n) is 5.67. The van der Waals surface area contributed by atoms with Gasteiger partial charge in [0, 0.05) is 38.0 Å². The van der Waals surface area contributed by atoms with Crippen molar-refractivity contribution in [1.29, 1.82) is 0 Å². The Bertz CT molecular complexity index is 1280. The summed E-state index contributed by atoms with van der Waals surface area (Å²) in [6.07, 6.45) is 3.95. The van der Waals surface area contributed by atoms with Gasteiger partial charge in [0.15, 0.2) is 0 Å². The average Bonchev–Trinajstić information content (AvgIpc) is 3.25. The first kappa shape index (κ1) is 18.5. The zero-order valence-electron chi connectivity index (χ0n) is 17.1. The molecule has 0 bridgehead atoms. The number of carbonyl (C=O) groups is 1. The van der Waals surface area contributed by atoms with E-state index >= 15 is 0 Å². The predicted molar refractivity (Wildman–Crippen MR) is 110 cm³/mol. The second kappa shape index (κ2) is 6.76. The fraction of sp³-hybridized carbons (Fsp3) is 0.273. The van der Waals surface area contributed by atoms with Crippen molar-refractivity contribution >= 4 is 16.9 Å². The van der Waals surface area contributed by atoms with Crippen molar-refractivity contribution in [1.82, 2.24) is 29.2 Å². The van der Waals surface area contributed by atoms with Gasteiger partial charge in [-0.15, -0.1) is 0 Å². The molecule has 0 aliphatic carbocycles. The minimum Gasteiger partial charge on any atom is -0.335 e. The van der Waals surface area contributed by atoms with E-state index in [0.29, 0.717) is 25.2 Å². The Morgan fingerprint density at radius 1 is 1.17 bits per heavy atom. The van der Waals surface area contributed by atoms with Crippen LogP contribution in [0.3, 0.4) is 0 Å². The molecular formula is C22H21FN6O. The maximum atomic E-state index is 14.0. The van der Waals surface area contributed by atoms with Crippen LogP contribution in [0.1, 0.15) is 27.3 Å². The van der Waals surface area contributed by atoms with Gasteiger partial charge in [-0.2, -0.15) is 5.10 Å². The summed E-state index contributed by atoms with van der Waals surface area (Å²) < 4.78 is 17.6. The Kier molecular flexibility index (Phi) is 4.16. The van der Waals surface area contributed by atoms with E-state index in [-0.39, 0.29) is 11.7 Å². The molecule has 8 heteroatoms. The van der Waals surface area contributed by atoms with Crippen molar-refractivity contribution in [3.05, 3.63) is 65.1 Å². The number of benzene rings is 1. The Morgan fingerprint density at radius 2 is 2.00 bits per heavy atom. The molecule has 0 spiro atoms. The molecule has 1 aliphatic heterocycles. The number of carbonyl (C=O) groups excluding carboxylic acids is 1. The average molecular weight is 404 g/mol. The van der Waals surface area contributed by atoms with Gasteiger partial charge < -0.3 is 9.47 Å². The second-order valence-electron chi connectivity index (χ2n) is 7.78. The van der Waals surface area contributed by atoms with Gasteiger partial charge >= 0.3 is 0 Å². The highest BCUT2D eigenvalue weighted by atomic mass is 19.1. The zero-order valence-corrected chi connectivity index (χ0v) is 17.1. The van der Waals surface area contributed by atoms with Crippen molar-refractivity contribution in [2.75, 3.05) is 6.54 Å². The minimum atomic E-state index is -0.261. The topological polar surface area (TPSA) is 68.8 Å². The van der Waals surface area contributed by atoms with Gasteiger partial charge in [0.05, 0.1) is 23.3 Å². The summed E-state index contributed by atoms with van der Waals surface area (Å²) in [6, 6.07) is 6.88. The zero-order chi connectivity index (χ0) is 21.0. The number of halogens is 1. The molecule has 5 rings (SSSR count). The fourth-order valence-corrected chi connectivity index (χ4v) is 4.33. The number of aryl methyl sites for hydroxylation is 3. The SMILES string of the molecule is Cc1cc(F)cc(-c2c3c(nn2C)CN(C(=O)c2ncnc4c2ccn4C)CC3)c1. The number of hydrogen-bond acceptors (Lipinski definition) is 4. The van der Waals surface area contributed by atoms with Gasteiger partial charge in [0.25, 0.3) is 5.91 Å². The smallest absolute Gasteiger partial charge is 0.273 e. The van der Waals surface area contributed by atoms with Crippen molar-refractivity contribution in [3.63, 3.8) is 0 Å².